The van der Waals surface area contributed by atoms with Gasteiger partial charge in [-0.3, -0.25) is 0 Å². The van der Waals surface area contributed by atoms with E-state index in [-0.39, 0.29) is 0 Å². The Morgan fingerprint density at radius 2 is 1.94 bits per heavy atom. The van der Waals surface area contributed by atoms with Gasteiger partial charge in [0.15, 0.2) is 0 Å². The van der Waals surface area contributed by atoms with Crippen molar-refractivity contribution in [1.82, 2.24) is 5.32 Å². The first-order valence-corrected chi connectivity index (χ1v) is 6.94. The topological polar surface area (TPSA) is 12.0 Å². The molecule has 1 heterocycles. The van der Waals surface area contributed by atoms with Gasteiger partial charge in [0.1, 0.15) is 0 Å². The second kappa shape index (κ2) is 5.99. The van der Waals surface area contributed by atoms with Crippen LogP contribution in [0.1, 0.15) is 28.5 Å². The fourth-order valence-corrected chi connectivity index (χ4v) is 3.18. The molecule has 17 heavy (non-hydrogen) atoms. The van der Waals surface area contributed by atoms with Crippen LogP contribution in [-0.4, -0.2) is 7.05 Å². The van der Waals surface area contributed by atoms with E-state index >= 15 is 0 Å². The van der Waals surface area contributed by atoms with Crippen LogP contribution in [0, 0.1) is 6.92 Å². The molecule has 1 aromatic carbocycles. The van der Waals surface area contributed by atoms with E-state index in [2.05, 4.69) is 61.1 Å². The van der Waals surface area contributed by atoms with Crippen LogP contribution in [0.3, 0.4) is 0 Å². The average molecular weight is 245 g/mol. The van der Waals surface area contributed by atoms with Gasteiger partial charge in [-0.15, -0.1) is 11.3 Å². The second-order valence-corrected chi connectivity index (χ2v) is 5.28. The summed E-state index contributed by atoms with van der Waals surface area (Å²) in [6, 6.07) is 13.4. The predicted molar refractivity (Wildman–Crippen MR) is 75.6 cm³/mol. The van der Waals surface area contributed by atoms with Gasteiger partial charge < -0.3 is 5.32 Å². The summed E-state index contributed by atoms with van der Waals surface area (Å²) in [6.07, 6.45) is 2.28. The van der Waals surface area contributed by atoms with Gasteiger partial charge >= 0.3 is 0 Å². The van der Waals surface area contributed by atoms with E-state index in [0.29, 0.717) is 6.04 Å². The van der Waals surface area contributed by atoms with Gasteiger partial charge in [0.2, 0.25) is 0 Å². The quantitative estimate of drug-likeness (QED) is 0.841. The van der Waals surface area contributed by atoms with Crippen molar-refractivity contribution in [3.8, 4) is 0 Å². The highest BCUT2D eigenvalue weighted by Crippen LogP contribution is 2.27. The van der Waals surface area contributed by atoms with Crippen molar-refractivity contribution in [3.05, 3.63) is 57.8 Å². The van der Waals surface area contributed by atoms with Gasteiger partial charge in [-0.1, -0.05) is 30.3 Å². The van der Waals surface area contributed by atoms with Crippen molar-refractivity contribution < 1.29 is 0 Å². The summed E-state index contributed by atoms with van der Waals surface area (Å²) in [6.45, 7) is 2.19. The van der Waals surface area contributed by atoms with Crippen LogP contribution in [0.5, 0.6) is 0 Å². The summed E-state index contributed by atoms with van der Waals surface area (Å²) < 4.78 is 0. The van der Waals surface area contributed by atoms with Crippen LogP contribution in [-0.2, 0) is 6.42 Å². The van der Waals surface area contributed by atoms with E-state index in [4.69, 9.17) is 0 Å². The van der Waals surface area contributed by atoms with Crippen LogP contribution in [0.2, 0.25) is 0 Å². The first-order chi connectivity index (χ1) is 8.31. The Balaban J connectivity index is 2.00. The van der Waals surface area contributed by atoms with Crippen molar-refractivity contribution in [2.24, 2.45) is 0 Å². The number of aryl methyl sites for hydroxylation is 2. The fourth-order valence-electron chi connectivity index (χ4n) is 2.10. The standard InChI is InChI=1S/C15H19NS/c1-12-10-11-17-15(12)14(16-2)9-8-13-6-4-3-5-7-13/h3-7,10-11,14,16H,8-9H2,1-2H3. The molecule has 2 aromatic rings. The maximum Gasteiger partial charge on any atom is 0.0418 e. The van der Waals surface area contributed by atoms with Crippen molar-refractivity contribution >= 4 is 11.3 Å². The summed E-state index contributed by atoms with van der Waals surface area (Å²) in [5, 5.41) is 5.60. The zero-order valence-electron chi connectivity index (χ0n) is 10.4. The Morgan fingerprint density at radius 3 is 2.53 bits per heavy atom. The lowest BCUT2D eigenvalue weighted by Gasteiger charge is -2.15. The Morgan fingerprint density at radius 1 is 1.18 bits per heavy atom. The van der Waals surface area contributed by atoms with E-state index < -0.39 is 0 Å². The molecule has 1 atom stereocenters. The Hall–Kier alpha value is -1.12. The molecule has 1 N–H and O–H groups in total. The Labute approximate surface area is 108 Å². The number of thiophene rings is 1. The number of rotatable bonds is 5. The van der Waals surface area contributed by atoms with Crippen LogP contribution in [0.4, 0.5) is 0 Å². The first kappa shape index (κ1) is 12.3. The largest absolute Gasteiger partial charge is 0.312 e. The monoisotopic (exact) mass is 245 g/mol. The molecule has 1 nitrogen and oxygen atoms in total. The molecule has 2 heteroatoms. The zero-order valence-corrected chi connectivity index (χ0v) is 11.3. The van der Waals surface area contributed by atoms with Gasteiger partial charge in [0, 0.05) is 10.9 Å². The molecule has 0 aliphatic carbocycles. The molecule has 0 aliphatic heterocycles. The molecule has 0 aliphatic rings. The van der Waals surface area contributed by atoms with E-state index in [1.54, 1.807) is 0 Å². The average Bonchev–Trinajstić information content (AvgIpc) is 2.78. The SMILES string of the molecule is CNC(CCc1ccccc1)c1sccc1C. The van der Waals surface area contributed by atoms with E-state index in [1.807, 2.05) is 11.3 Å². The van der Waals surface area contributed by atoms with Gasteiger partial charge in [0.25, 0.3) is 0 Å². The molecule has 1 aromatic heterocycles. The normalized spacial score (nSPS) is 12.6. The number of hydrogen-bond acceptors (Lipinski definition) is 2. The van der Waals surface area contributed by atoms with Crippen LogP contribution in [0.25, 0.3) is 0 Å². The Kier molecular flexibility index (Phi) is 4.35. The summed E-state index contributed by atoms with van der Waals surface area (Å²) in [5.74, 6) is 0. The molecule has 0 radical (unpaired) electrons. The van der Waals surface area contributed by atoms with Crippen molar-refractivity contribution in [2.75, 3.05) is 7.05 Å². The molecule has 0 bridgehead atoms. The van der Waals surface area contributed by atoms with Gasteiger partial charge in [-0.05, 0) is 49.4 Å². The van der Waals surface area contributed by atoms with Crippen LogP contribution < -0.4 is 5.32 Å². The van der Waals surface area contributed by atoms with Gasteiger partial charge in [-0.25, -0.2) is 0 Å². The fraction of sp³-hybridized carbons (Fsp3) is 0.333. The molecule has 90 valence electrons. The minimum absolute atomic E-state index is 0.482. The Bertz CT molecular complexity index is 447. The van der Waals surface area contributed by atoms with Crippen molar-refractivity contribution in [1.29, 1.82) is 0 Å². The van der Waals surface area contributed by atoms with Gasteiger partial charge in [0.05, 0.1) is 0 Å². The molecule has 0 saturated carbocycles. The zero-order chi connectivity index (χ0) is 12.1. The lowest BCUT2D eigenvalue weighted by atomic mass is 10.0. The molecule has 0 saturated heterocycles. The third-order valence-corrected chi connectivity index (χ3v) is 4.26. The lowest BCUT2D eigenvalue weighted by Crippen LogP contribution is -2.16. The van der Waals surface area contributed by atoms with Crippen molar-refractivity contribution in [2.45, 2.75) is 25.8 Å². The third kappa shape index (κ3) is 3.18. The second-order valence-electron chi connectivity index (χ2n) is 4.33. The first-order valence-electron chi connectivity index (χ1n) is 6.06. The predicted octanol–water partition coefficient (Wildman–Crippen LogP) is 3.95. The lowest BCUT2D eigenvalue weighted by molar-refractivity contribution is 0.556. The van der Waals surface area contributed by atoms with Crippen molar-refractivity contribution in [3.63, 3.8) is 0 Å². The highest BCUT2D eigenvalue weighted by molar-refractivity contribution is 7.10. The van der Waals surface area contributed by atoms with E-state index in [9.17, 15) is 0 Å². The van der Waals surface area contributed by atoms with Crippen LogP contribution >= 0.6 is 11.3 Å². The molecule has 1 unspecified atom stereocenters. The highest BCUT2D eigenvalue weighted by atomic mass is 32.1. The smallest absolute Gasteiger partial charge is 0.0418 e. The minimum Gasteiger partial charge on any atom is -0.312 e. The summed E-state index contributed by atoms with van der Waals surface area (Å²) in [5.41, 5.74) is 2.82. The summed E-state index contributed by atoms with van der Waals surface area (Å²) >= 11 is 1.85. The molecule has 0 fully saturated rings. The maximum absolute atomic E-state index is 3.43. The number of hydrogen-bond donors (Lipinski definition) is 1. The summed E-state index contributed by atoms with van der Waals surface area (Å²) in [4.78, 5) is 1.48. The van der Waals surface area contributed by atoms with Gasteiger partial charge in [-0.2, -0.15) is 0 Å². The summed E-state index contributed by atoms with van der Waals surface area (Å²) in [7, 11) is 2.05. The molecule has 0 spiro atoms. The highest BCUT2D eigenvalue weighted by Gasteiger charge is 2.12. The molecular weight excluding hydrogens is 226 g/mol. The minimum atomic E-state index is 0.482. The van der Waals surface area contributed by atoms with Crippen LogP contribution in [0.15, 0.2) is 41.8 Å². The molecular formula is C15H19NS. The maximum atomic E-state index is 3.43. The molecule has 2 rings (SSSR count). The van der Waals surface area contributed by atoms with E-state index in [1.165, 1.54) is 16.0 Å². The van der Waals surface area contributed by atoms with E-state index in [0.717, 1.165) is 12.8 Å². The molecule has 0 amide bonds. The third-order valence-electron chi connectivity index (χ3n) is 3.13. The number of benzene rings is 1. The number of nitrogens with one attached hydrogen (secondary N) is 1.